The van der Waals surface area contributed by atoms with Crippen LogP contribution in [-0.4, -0.2) is 13.0 Å². The lowest BCUT2D eigenvalue weighted by atomic mass is 9.95. The predicted octanol–water partition coefficient (Wildman–Crippen LogP) is 2.43. The van der Waals surface area contributed by atoms with Gasteiger partial charge in [0.05, 0.1) is 0 Å². The highest BCUT2D eigenvalue weighted by Gasteiger charge is 2.09. The topological polar surface area (TPSA) is 26.0 Å². The van der Waals surface area contributed by atoms with Crippen molar-refractivity contribution in [2.75, 3.05) is 0 Å². The Kier molecular flexibility index (Phi) is 2.21. The van der Waals surface area contributed by atoms with Crippen LogP contribution in [0.4, 0.5) is 4.39 Å². The molecule has 0 spiro atoms. The lowest BCUT2D eigenvalue weighted by Gasteiger charge is -1.96. The molecule has 17 heavy (non-hydrogen) atoms. The van der Waals surface area contributed by atoms with E-state index in [9.17, 15) is 4.39 Å². The van der Waals surface area contributed by atoms with E-state index in [4.69, 9.17) is 12.4 Å². The first-order valence-electron chi connectivity index (χ1n) is 5.15. The summed E-state index contributed by atoms with van der Waals surface area (Å²) in [5.41, 5.74) is 2.76. The van der Waals surface area contributed by atoms with Gasteiger partial charge in [-0.15, -0.1) is 0 Å². The Balaban J connectivity index is 2.21. The number of hydrogen-bond acceptors (Lipinski definition) is 2. The molecule has 80 valence electrons. The average Bonchev–Trinajstić information content (AvgIpc) is 2.73. The molecule has 1 heterocycles. The zero-order chi connectivity index (χ0) is 11.8. The summed E-state index contributed by atoms with van der Waals surface area (Å²) >= 11 is 0. The van der Waals surface area contributed by atoms with Crippen LogP contribution in [-0.2, 0) is 0 Å². The van der Waals surface area contributed by atoms with Crippen molar-refractivity contribution in [1.29, 1.82) is 0 Å². The van der Waals surface area contributed by atoms with Gasteiger partial charge in [-0.2, -0.15) is 0 Å². The molecule has 3 aromatic rings. The molecule has 0 fully saturated rings. The van der Waals surface area contributed by atoms with E-state index in [0.29, 0.717) is 16.7 Å². The van der Waals surface area contributed by atoms with Crippen molar-refractivity contribution >= 4 is 24.3 Å². The molecule has 2 radical (unpaired) electrons. The number of rotatable bonds is 1. The molecule has 0 aliphatic carbocycles. The minimum atomic E-state index is -0.272. The first-order chi connectivity index (χ1) is 8.24. The monoisotopic (exact) mass is 223 g/mol. The number of fused-ring (bicyclic) bond motifs is 1. The summed E-state index contributed by atoms with van der Waals surface area (Å²) in [6, 6.07) is 11.5. The molecule has 4 heteroatoms. The Hall–Kier alpha value is -2.10. The Bertz CT molecular complexity index is 675. The van der Waals surface area contributed by atoms with Crippen molar-refractivity contribution < 1.29 is 8.91 Å². The first-order valence-corrected chi connectivity index (χ1v) is 5.15. The fourth-order valence-electron chi connectivity index (χ4n) is 1.77. The van der Waals surface area contributed by atoms with Gasteiger partial charge in [0.1, 0.15) is 19.4 Å². The van der Waals surface area contributed by atoms with Gasteiger partial charge in [0.15, 0.2) is 5.58 Å². The number of hydrogen-bond donors (Lipinski definition) is 0. The van der Waals surface area contributed by atoms with E-state index in [0.717, 1.165) is 10.9 Å². The SMILES string of the molecule is [B]c1ccc2c(-c3ccc(F)cc3)noc2c1. The van der Waals surface area contributed by atoms with Gasteiger partial charge in [-0.05, 0) is 36.4 Å². The molecule has 0 unspecified atom stereocenters. The maximum absolute atomic E-state index is 12.8. The van der Waals surface area contributed by atoms with E-state index < -0.39 is 0 Å². The molecule has 2 nitrogen and oxygen atoms in total. The Morgan fingerprint density at radius 2 is 1.82 bits per heavy atom. The number of aromatic nitrogens is 1. The van der Waals surface area contributed by atoms with E-state index in [1.54, 1.807) is 24.3 Å². The average molecular weight is 223 g/mol. The highest BCUT2D eigenvalue weighted by Crippen LogP contribution is 2.27. The van der Waals surface area contributed by atoms with Crippen molar-refractivity contribution in [3.8, 4) is 11.3 Å². The van der Waals surface area contributed by atoms with E-state index >= 15 is 0 Å². The van der Waals surface area contributed by atoms with Crippen LogP contribution < -0.4 is 5.46 Å². The second-order valence-electron chi connectivity index (χ2n) is 3.79. The lowest BCUT2D eigenvalue weighted by Crippen LogP contribution is -1.98. The van der Waals surface area contributed by atoms with Crippen LogP contribution in [0, 0.1) is 5.82 Å². The third-order valence-corrected chi connectivity index (χ3v) is 2.61. The Labute approximate surface area is 98.5 Å². The summed E-state index contributed by atoms with van der Waals surface area (Å²) in [5, 5.41) is 4.85. The normalized spacial score (nSPS) is 10.9. The van der Waals surface area contributed by atoms with Gasteiger partial charge in [0, 0.05) is 10.9 Å². The van der Waals surface area contributed by atoms with Crippen molar-refractivity contribution in [1.82, 2.24) is 5.16 Å². The van der Waals surface area contributed by atoms with Gasteiger partial charge >= 0.3 is 0 Å². The molecule has 0 aliphatic rings. The minimum absolute atomic E-state index is 0.272. The van der Waals surface area contributed by atoms with Crippen molar-refractivity contribution in [3.63, 3.8) is 0 Å². The molecule has 3 rings (SSSR count). The first kappa shape index (κ1) is 10.1. The third kappa shape index (κ3) is 1.71. The van der Waals surface area contributed by atoms with Gasteiger partial charge in [-0.1, -0.05) is 16.7 Å². The third-order valence-electron chi connectivity index (χ3n) is 2.61. The fourth-order valence-corrected chi connectivity index (χ4v) is 1.77. The molecule has 0 amide bonds. The molecular weight excluding hydrogens is 216 g/mol. The molecule has 1 aromatic heterocycles. The predicted molar refractivity (Wildman–Crippen MR) is 64.8 cm³/mol. The van der Waals surface area contributed by atoms with Gasteiger partial charge < -0.3 is 4.52 Å². The number of halogens is 1. The van der Waals surface area contributed by atoms with E-state index in [-0.39, 0.29) is 5.82 Å². The largest absolute Gasteiger partial charge is 0.356 e. The van der Waals surface area contributed by atoms with Crippen molar-refractivity contribution in [2.45, 2.75) is 0 Å². The van der Waals surface area contributed by atoms with Crippen LogP contribution in [0.25, 0.3) is 22.2 Å². The quantitative estimate of drug-likeness (QED) is 0.592. The second kappa shape index (κ2) is 3.73. The standard InChI is InChI=1S/C13H7BFNO/c14-9-3-6-11-12(7-9)17-16-13(11)8-1-4-10(15)5-2-8/h1-7H. The fraction of sp³-hybridized carbons (Fsp3) is 0. The second-order valence-corrected chi connectivity index (χ2v) is 3.79. The smallest absolute Gasteiger partial charge is 0.166 e. The van der Waals surface area contributed by atoms with Crippen LogP contribution >= 0.6 is 0 Å². The van der Waals surface area contributed by atoms with Crippen molar-refractivity contribution in [2.24, 2.45) is 0 Å². The molecular formula is C13H7BFNO. The number of nitrogens with zero attached hydrogens (tertiary/aromatic N) is 1. The summed E-state index contributed by atoms with van der Waals surface area (Å²) in [4.78, 5) is 0. The van der Waals surface area contributed by atoms with Crippen LogP contribution in [0.1, 0.15) is 0 Å². The van der Waals surface area contributed by atoms with Crippen molar-refractivity contribution in [3.05, 3.63) is 48.3 Å². The van der Waals surface area contributed by atoms with Gasteiger partial charge in [0.2, 0.25) is 0 Å². The van der Waals surface area contributed by atoms with E-state index in [2.05, 4.69) is 5.16 Å². The molecule has 2 aromatic carbocycles. The summed E-state index contributed by atoms with van der Waals surface area (Å²) in [6.07, 6.45) is 0. The maximum atomic E-state index is 12.8. The van der Waals surface area contributed by atoms with Crippen LogP contribution in [0.2, 0.25) is 0 Å². The van der Waals surface area contributed by atoms with E-state index in [1.807, 2.05) is 6.07 Å². The van der Waals surface area contributed by atoms with Gasteiger partial charge in [0.25, 0.3) is 0 Å². The van der Waals surface area contributed by atoms with Gasteiger partial charge in [-0.25, -0.2) is 4.39 Å². The van der Waals surface area contributed by atoms with Crippen LogP contribution in [0.5, 0.6) is 0 Å². The zero-order valence-corrected chi connectivity index (χ0v) is 8.85. The number of benzene rings is 2. The minimum Gasteiger partial charge on any atom is -0.356 e. The molecule has 0 saturated carbocycles. The summed E-state index contributed by atoms with van der Waals surface area (Å²) in [6.45, 7) is 0. The molecule has 0 bridgehead atoms. The summed E-state index contributed by atoms with van der Waals surface area (Å²) in [5.74, 6) is -0.272. The highest BCUT2D eigenvalue weighted by molar-refractivity contribution is 6.33. The van der Waals surface area contributed by atoms with Gasteiger partial charge in [-0.3, -0.25) is 0 Å². The van der Waals surface area contributed by atoms with E-state index in [1.165, 1.54) is 12.1 Å². The molecule has 0 atom stereocenters. The Morgan fingerprint density at radius 3 is 2.59 bits per heavy atom. The highest BCUT2D eigenvalue weighted by atomic mass is 19.1. The summed E-state index contributed by atoms with van der Waals surface area (Å²) in [7, 11) is 5.65. The van der Waals surface area contributed by atoms with Crippen LogP contribution in [0.3, 0.4) is 0 Å². The maximum Gasteiger partial charge on any atom is 0.166 e. The lowest BCUT2D eigenvalue weighted by molar-refractivity contribution is 0.459. The molecule has 0 N–H and O–H groups in total. The molecule has 0 aliphatic heterocycles. The summed E-state index contributed by atoms with van der Waals surface area (Å²) < 4.78 is 18.0. The molecule has 0 saturated heterocycles. The zero-order valence-electron chi connectivity index (χ0n) is 8.85. The Morgan fingerprint density at radius 1 is 1.06 bits per heavy atom. The van der Waals surface area contributed by atoms with Crippen LogP contribution in [0.15, 0.2) is 47.0 Å².